The fourth-order valence-electron chi connectivity index (χ4n) is 5.51. The van der Waals surface area contributed by atoms with Gasteiger partial charge in [-0.2, -0.15) is 0 Å². The first-order chi connectivity index (χ1) is 16.1. The zero-order chi connectivity index (χ0) is 22.5. The summed E-state index contributed by atoms with van der Waals surface area (Å²) in [5.41, 5.74) is 5.83. The molecule has 0 unspecified atom stereocenters. The molecule has 6 rings (SSSR count). The Hall–Kier alpha value is -3.67. The molecule has 33 heavy (non-hydrogen) atoms. The van der Waals surface area contributed by atoms with Gasteiger partial charge in [-0.25, -0.2) is 9.97 Å². The third-order valence-corrected chi connectivity index (χ3v) is 7.01. The van der Waals surface area contributed by atoms with Crippen LogP contribution < -0.4 is 4.90 Å². The number of amides is 1. The minimum absolute atomic E-state index is 0.131. The molecular weight excluding hydrogens is 410 g/mol. The first-order valence-electron chi connectivity index (χ1n) is 11.6. The van der Waals surface area contributed by atoms with Crippen LogP contribution in [0.4, 0.5) is 5.95 Å². The third-order valence-electron chi connectivity index (χ3n) is 7.01. The number of anilines is 1. The highest BCUT2D eigenvalue weighted by Gasteiger charge is 2.43. The van der Waals surface area contributed by atoms with Gasteiger partial charge in [0, 0.05) is 67.4 Å². The van der Waals surface area contributed by atoms with E-state index in [0.717, 1.165) is 65.7 Å². The van der Waals surface area contributed by atoms with Gasteiger partial charge in [0.25, 0.3) is 5.91 Å². The topological polar surface area (TPSA) is 53.7 Å². The summed E-state index contributed by atoms with van der Waals surface area (Å²) in [4.78, 5) is 27.5. The lowest BCUT2D eigenvalue weighted by Gasteiger charge is -2.22. The fourth-order valence-corrected chi connectivity index (χ4v) is 5.51. The SMILES string of the molecule is Cc1cc(C)nc(N2C[C@H]3CN(C(=O)c4c(-c5ccccc5)cn5ccccc45)C[C@H]3C2)n1. The average molecular weight is 438 g/mol. The van der Waals surface area contributed by atoms with Gasteiger partial charge in [0.05, 0.1) is 11.1 Å². The van der Waals surface area contributed by atoms with Gasteiger partial charge in [0.1, 0.15) is 0 Å². The molecule has 0 radical (unpaired) electrons. The first kappa shape index (κ1) is 20.0. The predicted molar refractivity (Wildman–Crippen MR) is 129 cm³/mol. The number of pyridine rings is 1. The highest BCUT2D eigenvalue weighted by molar-refractivity contribution is 6.07. The number of carbonyl (C=O) groups excluding carboxylic acids is 1. The van der Waals surface area contributed by atoms with E-state index in [9.17, 15) is 4.79 Å². The van der Waals surface area contributed by atoms with E-state index >= 15 is 0 Å². The normalized spacial score (nSPS) is 19.9. The van der Waals surface area contributed by atoms with E-state index < -0.39 is 0 Å². The molecule has 2 aliphatic rings. The van der Waals surface area contributed by atoms with Crippen LogP contribution in [-0.4, -0.2) is 51.4 Å². The molecule has 0 saturated carbocycles. The van der Waals surface area contributed by atoms with Crippen LogP contribution >= 0.6 is 0 Å². The van der Waals surface area contributed by atoms with Crippen molar-refractivity contribution >= 4 is 17.4 Å². The van der Waals surface area contributed by atoms with Crippen LogP contribution in [0.3, 0.4) is 0 Å². The van der Waals surface area contributed by atoms with Gasteiger partial charge >= 0.3 is 0 Å². The summed E-state index contributed by atoms with van der Waals surface area (Å²) in [6.07, 6.45) is 4.09. The van der Waals surface area contributed by atoms with E-state index in [-0.39, 0.29) is 5.91 Å². The zero-order valence-corrected chi connectivity index (χ0v) is 19.0. The molecule has 166 valence electrons. The molecule has 2 atom stereocenters. The van der Waals surface area contributed by atoms with Crippen molar-refractivity contribution in [3.05, 3.63) is 83.9 Å². The standard InChI is InChI=1S/C27H27N5O/c1-18-12-19(2)29-27(28-18)32-15-21-13-31(14-22(21)16-32)26(33)25-23(20-8-4-3-5-9-20)17-30-11-7-6-10-24(25)30/h3-12,17,21-22H,13-16H2,1-2H3/t21-,22+. The van der Waals surface area contributed by atoms with E-state index in [0.29, 0.717) is 11.8 Å². The van der Waals surface area contributed by atoms with Crippen molar-refractivity contribution in [1.29, 1.82) is 0 Å². The van der Waals surface area contributed by atoms with Gasteiger partial charge in [0.2, 0.25) is 5.95 Å². The lowest BCUT2D eigenvalue weighted by Crippen LogP contribution is -2.34. The Morgan fingerprint density at radius 2 is 1.55 bits per heavy atom. The van der Waals surface area contributed by atoms with Gasteiger partial charge in [-0.1, -0.05) is 36.4 Å². The Morgan fingerprint density at radius 1 is 0.879 bits per heavy atom. The fraction of sp³-hybridized carbons (Fsp3) is 0.296. The van der Waals surface area contributed by atoms with Crippen molar-refractivity contribution in [2.75, 3.05) is 31.1 Å². The number of hydrogen-bond acceptors (Lipinski definition) is 4. The molecule has 3 aromatic heterocycles. The average Bonchev–Trinajstić information content (AvgIpc) is 3.50. The molecule has 1 amide bonds. The Balaban J connectivity index is 1.27. The summed E-state index contributed by atoms with van der Waals surface area (Å²) >= 11 is 0. The van der Waals surface area contributed by atoms with E-state index in [1.807, 2.05) is 62.5 Å². The largest absolute Gasteiger partial charge is 0.340 e. The highest BCUT2D eigenvalue weighted by atomic mass is 16.2. The van der Waals surface area contributed by atoms with Crippen LogP contribution in [0, 0.1) is 25.7 Å². The Labute approximate surface area is 193 Å². The van der Waals surface area contributed by atoms with Crippen molar-refractivity contribution in [3.63, 3.8) is 0 Å². The summed E-state index contributed by atoms with van der Waals surface area (Å²) in [6.45, 7) is 7.40. The maximum Gasteiger partial charge on any atom is 0.256 e. The molecule has 2 fully saturated rings. The Bertz CT molecular complexity index is 1310. The molecule has 2 aliphatic heterocycles. The Kier molecular flexibility index (Phi) is 4.68. The first-order valence-corrected chi connectivity index (χ1v) is 11.6. The number of likely N-dealkylation sites (tertiary alicyclic amines) is 1. The number of nitrogens with zero attached hydrogens (tertiary/aromatic N) is 5. The summed E-state index contributed by atoms with van der Waals surface area (Å²) in [6, 6.07) is 18.3. The molecule has 4 aromatic rings. The van der Waals surface area contributed by atoms with Gasteiger partial charge < -0.3 is 14.2 Å². The van der Waals surface area contributed by atoms with Crippen molar-refractivity contribution in [1.82, 2.24) is 19.3 Å². The Morgan fingerprint density at radius 3 is 2.24 bits per heavy atom. The number of fused-ring (bicyclic) bond motifs is 2. The van der Waals surface area contributed by atoms with Crippen LogP contribution in [-0.2, 0) is 0 Å². The summed E-state index contributed by atoms with van der Waals surface area (Å²) in [5.74, 6) is 1.86. The smallest absolute Gasteiger partial charge is 0.256 e. The van der Waals surface area contributed by atoms with Crippen molar-refractivity contribution in [3.8, 4) is 11.1 Å². The van der Waals surface area contributed by atoms with Crippen LogP contribution in [0.5, 0.6) is 0 Å². The van der Waals surface area contributed by atoms with E-state index in [2.05, 4.69) is 42.5 Å². The van der Waals surface area contributed by atoms with Gasteiger partial charge in [0.15, 0.2) is 0 Å². The van der Waals surface area contributed by atoms with E-state index in [4.69, 9.17) is 0 Å². The van der Waals surface area contributed by atoms with Crippen LogP contribution in [0.1, 0.15) is 21.7 Å². The minimum atomic E-state index is 0.131. The number of carbonyl (C=O) groups is 1. The summed E-state index contributed by atoms with van der Waals surface area (Å²) < 4.78 is 2.06. The number of aryl methyl sites for hydroxylation is 2. The third kappa shape index (κ3) is 3.46. The van der Waals surface area contributed by atoms with Crippen LogP contribution in [0.25, 0.3) is 16.6 Å². The van der Waals surface area contributed by atoms with Crippen molar-refractivity contribution < 1.29 is 4.79 Å². The van der Waals surface area contributed by atoms with E-state index in [1.165, 1.54) is 0 Å². The summed E-state index contributed by atoms with van der Waals surface area (Å²) in [5, 5.41) is 0. The number of rotatable bonds is 3. The minimum Gasteiger partial charge on any atom is -0.340 e. The molecular formula is C27H27N5O. The van der Waals surface area contributed by atoms with Crippen molar-refractivity contribution in [2.45, 2.75) is 13.8 Å². The molecule has 0 bridgehead atoms. The number of hydrogen-bond donors (Lipinski definition) is 0. The molecule has 2 saturated heterocycles. The van der Waals surface area contributed by atoms with Crippen LogP contribution in [0.2, 0.25) is 0 Å². The predicted octanol–water partition coefficient (Wildman–Crippen LogP) is 4.22. The lowest BCUT2D eigenvalue weighted by atomic mass is 10.0. The second kappa shape index (κ2) is 7.73. The second-order valence-electron chi connectivity index (χ2n) is 9.36. The van der Waals surface area contributed by atoms with Crippen LogP contribution in [0.15, 0.2) is 67.0 Å². The van der Waals surface area contributed by atoms with Gasteiger partial charge in [-0.05, 0) is 37.6 Å². The maximum absolute atomic E-state index is 13.9. The quantitative estimate of drug-likeness (QED) is 0.482. The molecule has 5 heterocycles. The van der Waals surface area contributed by atoms with E-state index in [1.54, 1.807) is 0 Å². The second-order valence-corrected chi connectivity index (χ2v) is 9.36. The monoisotopic (exact) mass is 437 g/mol. The lowest BCUT2D eigenvalue weighted by molar-refractivity contribution is 0.0785. The molecule has 1 aromatic carbocycles. The van der Waals surface area contributed by atoms with Gasteiger partial charge in [-0.15, -0.1) is 0 Å². The van der Waals surface area contributed by atoms with Crippen molar-refractivity contribution in [2.24, 2.45) is 11.8 Å². The molecule has 6 nitrogen and oxygen atoms in total. The summed E-state index contributed by atoms with van der Waals surface area (Å²) in [7, 11) is 0. The molecule has 0 aliphatic carbocycles. The molecule has 0 N–H and O–H groups in total. The maximum atomic E-state index is 13.9. The van der Waals surface area contributed by atoms with Gasteiger partial charge in [-0.3, -0.25) is 4.79 Å². The molecule has 6 heteroatoms. The number of benzene rings is 1. The highest BCUT2D eigenvalue weighted by Crippen LogP contribution is 2.36. The number of aromatic nitrogens is 3. The zero-order valence-electron chi connectivity index (χ0n) is 19.0. The molecule has 0 spiro atoms.